The minimum absolute atomic E-state index is 0.0370. The van der Waals surface area contributed by atoms with Crippen LogP contribution in [0.3, 0.4) is 0 Å². The normalized spacial score (nSPS) is 15.5. The third-order valence-electron chi connectivity index (χ3n) is 3.93. The second-order valence-electron chi connectivity index (χ2n) is 5.40. The van der Waals surface area contributed by atoms with E-state index in [0.29, 0.717) is 19.5 Å². The molecule has 0 radical (unpaired) electrons. The lowest BCUT2D eigenvalue weighted by atomic mass is 9.77. The molecule has 4 heteroatoms. The predicted octanol–water partition coefficient (Wildman–Crippen LogP) is 1.57. The topological polar surface area (TPSA) is 64.3 Å². The molecule has 0 bridgehead atoms. The first-order chi connectivity index (χ1) is 10.2. The zero-order chi connectivity index (χ0) is 15.1. The molecule has 1 aromatic rings. The monoisotopic (exact) mass is 286 g/mol. The number of carbonyl (C=O) groups is 1. The zero-order valence-electron chi connectivity index (χ0n) is 12.4. The number of amides is 1. The predicted molar refractivity (Wildman–Crippen MR) is 82.4 cm³/mol. The fraction of sp³-hybridized carbons (Fsp3) is 0.471. The molecular formula is C17H22N2O2. The molecule has 112 valence electrons. The Balaban J connectivity index is 1.86. The van der Waals surface area contributed by atoms with Crippen LogP contribution in [0.5, 0.6) is 0 Å². The number of hydrogen-bond acceptors (Lipinski definition) is 3. The van der Waals surface area contributed by atoms with E-state index in [0.717, 1.165) is 30.4 Å². The maximum atomic E-state index is 12.0. The van der Waals surface area contributed by atoms with Crippen LogP contribution in [0.1, 0.15) is 36.8 Å². The van der Waals surface area contributed by atoms with E-state index < -0.39 is 0 Å². The van der Waals surface area contributed by atoms with Gasteiger partial charge in [0.15, 0.2) is 0 Å². The van der Waals surface area contributed by atoms with E-state index in [-0.39, 0.29) is 11.5 Å². The highest BCUT2D eigenvalue weighted by Gasteiger charge is 2.38. The molecule has 21 heavy (non-hydrogen) atoms. The lowest BCUT2D eigenvalue weighted by Gasteiger charge is -2.39. The Morgan fingerprint density at radius 2 is 2.29 bits per heavy atom. The summed E-state index contributed by atoms with van der Waals surface area (Å²) < 4.78 is 5.47. The van der Waals surface area contributed by atoms with Crippen LogP contribution in [0.4, 0.5) is 0 Å². The van der Waals surface area contributed by atoms with E-state index in [9.17, 15) is 4.79 Å². The van der Waals surface area contributed by atoms with Crippen LogP contribution in [-0.2, 0) is 16.1 Å². The Labute approximate surface area is 126 Å². The number of carbonyl (C=O) groups excluding carboxylic acids is 1. The highest BCUT2D eigenvalue weighted by atomic mass is 16.5. The number of ether oxygens (including phenoxy) is 1. The average Bonchev–Trinajstić information content (AvgIpc) is 2.47. The van der Waals surface area contributed by atoms with Crippen molar-refractivity contribution in [3.05, 3.63) is 35.4 Å². The number of hydrogen-bond donors (Lipinski definition) is 2. The number of nitrogens with one attached hydrogen (secondary N) is 1. The molecule has 2 rings (SSSR count). The Kier molecular flexibility index (Phi) is 5.38. The Morgan fingerprint density at radius 3 is 2.90 bits per heavy atom. The van der Waals surface area contributed by atoms with Crippen molar-refractivity contribution in [1.82, 2.24) is 5.32 Å². The van der Waals surface area contributed by atoms with Crippen molar-refractivity contribution in [3.63, 3.8) is 0 Å². The summed E-state index contributed by atoms with van der Waals surface area (Å²) in [5.41, 5.74) is 7.09. The molecule has 0 heterocycles. The molecule has 0 unspecified atom stereocenters. The molecule has 0 atom stereocenters. The van der Waals surface area contributed by atoms with Gasteiger partial charge in [0, 0.05) is 19.2 Å². The fourth-order valence-electron chi connectivity index (χ4n) is 2.49. The summed E-state index contributed by atoms with van der Waals surface area (Å²) in [6.07, 6.45) is 3.53. The van der Waals surface area contributed by atoms with Gasteiger partial charge in [-0.25, -0.2) is 0 Å². The van der Waals surface area contributed by atoms with Gasteiger partial charge in [-0.05, 0) is 37.0 Å². The minimum atomic E-state index is -0.224. The van der Waals surface area contributed by atoms with Gasteiger partial charge in [0.25, 0.3) is 0 Å². The van der Waals surface area contributed by atoms with Gasteiger partial charge in [-0.3, -0.25) is 4.79 Å². The van der Waals surface area contributed by atoms with Gasteiger partial charge in [-0.1, -0.05) is 24.0 Å². The van der Waals surface area contributed by atoms with Crippen LogP contribution in [0.2, 0.25) is 0 Å². The lowest BCUT2D eigenvalue weighted by molar-refractivity contribution is -0.134. The van der Waals surface area contributed by atoms with Crippen molar-refractivity contribution in [1.29, 1.82) is 0 Å². The van der Waals surface area contributed by atoms with E-state index >= 15 is 0 Å². The van der Waals surface area contributed by atoms with Crippen molar-refractivity contribution in [2.45, 2.75) is 37.8 Å². The molecule has 1 aliphatic rings. The smallest absolute Gasteiger partial charge is 0.223 e. The van der Waals surface area contributed by atoms with Gasteiger partial charge in [-0.2, -0.15) is 0 Å². The zero-order valence-corrected chi connectivity index (χ0v) is 12.4. The molecule has 1 saturated carbocycles. The molecule has 0 saturated heterocycles. The summed E-state index contributed by atoms with van der Waals surface area (Å²) >= 11 is 0. The first-order valence-corrected chi connectivity index (χ1v) is 7.27. The van der Waals surface area contributed by atoms with Crippen molar-refractivity contribution < 1.29 is 9.53 Å². The first kappa shape index (κ1) is 15.6. The van der Waals surface area contributed by atoms with Gasteiger partial charge in [0.1, 0.15) is 0 Å². The highest BCUT2D eigenvalue weighted by molar-refractivity contribution is 5.77. The third-order valence-corrected chi connectivity index (χ3v) is 3.93. The number of methoxy groups -OCH3 is 1. The molecule has 1 fully saturated rings. The molecule has 1 aromatic carbocycles. The lowest BCUT2D eigenvalue weighted by Crippen LogP contribution is -2.43. The molecule has 0 aliphatic heterocycles. The average molecular weight is 286 g/mol. The van der Waals surface area contributed by atoms with Crippen LogP contribution in [0, 0.1) is 11.8 Å². The molecule has 0 spiro atoms. The van der Waals surface area contributed by atoms with Gasteiger partial charge in [0.05, 0.1) is 18.6 Å². The summed E-state index contributed by atoms with van der Waals surface area (Å²) in [4.78, 5) is 12.0. The van der Waals surface area contributed by atoms with Crippen molar-refractivity contribution in [2.75, 3.05) is 13.7 Å². The highest BCUT2D eigenvalue weighted by Crippen LogP contribution is 2.37. The fourth-order valence-corrected chi connectivity index (χ4v) is 2.49. The van der Waals surface area contributed by atoms with Crippen molar-refractivity contribution in [3.8, 4) is 11.8 Å². The second-order valence-corrected chi connectivity index (χ2v) is 5.40. The van der Waals surface area contributed by atoms with Crippen LogP contribution in [0.25, 0.3) is 0 Å². The largest absolute Gasteiger partial charge is 0.378 e. The molecule has 1 amide bonds. The Morgan fingerprint density at radius 1 is 1.48 bits per heavy atom. The Hall–Kier alpha value is -1.83. The van der Waals surface area contributed by atoms with E-state index in [2.05, 4.69) is 17.2 Å². The number of benzene rings is 1. The Bertz CT molecular complexity index is 548. The molecule has 0 aromatic heterocycles. The summed E-state index contributed by atoms with van der Waals surface area (Å²) in [6.45, 7) is 0.858. The summed E-state index contributed by atoms with van der Waals surface area (Å²) in [6, 6.07) is 7.81. The van der Waals surface area contributed by atoms with Gasteiger partial charge >= 0.3 is 0 Å². The van der Waals surface area contributed by atoms with E-state index in [1.54, 1.807) is 7.11 Å². The minimum Gasteiger partial charge on any atom is -0.378 e. The van der Waals surface area contributed by atoms with Crippen LogP contribution < -0.4 is 11.1 Å². The standard InChI is InChI=1S/C17H22N2O2/c1-21-17(8-4-9-17)12-16(20)19-13-15-6-2-5-14(11-15)7-3-10-18/h2,5-6,11H,4,8-10,12-13,18H2,1H3,(H,19,20). The van der Waals surface area contributed by atoms with E-state index in [4.69, 9.17) is 10.5 Å². The molecule has 3 N–H and O–H groups in total. The molecule has 1 aliphatic carbocycles. The second kappa shape index (κ2) is 7.26. The first-order valence-electron chi connectivity index (χ1n) is 7.27. The SMILES string of the molecule is COC1(CC(=O)NCc2cccc(C#CCN)c2)CCC1. The summed E-state index contributed by atoms with van der Waals surface area (Å²) in [7, 11) is 1.69. The van der Waals surface area contributed by atoms with Crippen LogP contribution in [-0.4, -0.2) is 25.2 Å². The maximum absolute atomic E-state index is 12.0. The maximum Gasteiger partial charge on any atom is 0.223 e. The van der Waals surface area contributed by atoms with Crippen LogP contribution >= 0.6 is 0 Å². The van der Waals surface area contributed by atoms with Crippen molar-refractivity contribution >= 4 is 5.91 Å². The van der Waals surface area contributed by atoms with Gasteiger partial charge in [-0.15, -0.1) is 0 Å². The summed E-state index contributed by atoms with van der Waals surface area (Å²) in [5, 5.41) is 2.95. The number of nitrogens with two attached hydrogens (primary N) is 1. The van der Waals surface area contributed by atoms with E-state index in [1.165, 1.54) is 0 Å². The third kappa shape index (κ3) is 4.32. The molecular weight excluding hydrogens is 264 g/mol. The quantitative estimate of drug-likeness (QED) is 0.808. The van der Waals surface area contributed by atoms with Gasteiger partial charge < -0.3 is 15.8 Å². The van der Waals surface area contributed by atoms with Crippen molar-refractivity contribution in [2.24, 2.45) is 5.73 Å². The van der Waals surface area contributed by atoms with Gasteiger partial charge in [0.2, 0.25) is 5.91 Å². The molecule has 4 nitrogen and oxygen atoms in total. The number of rotatable bonds is 5. The van der Waals surface area contributed by atoms with Crippen LogP contribution in [0.15, 0.2) is 24.3 Å². The van der Waals surface area contributed by atoms with E-state index in [1.807, 2.05) is 24.3 Å². The summed E-state index contributed by atoms with van der Waals surface area (Å²) in [5.74, 6) is 5.85.